The summed E-state index contributed by atoms with van der Waals surface area (Å²) in [5.74, 6) is 0. The zero-order valence-electron chi connectivity index (χ0n) is 14.3. The van der Waals surface area contributed by atoms with Gasteiger partial charge in [0, 0.05) is 5.02 Å². The molecule has 0 heterocycles. The van der Waals surface area contributed by atoms with Gasteiger partial charge in [0.05, 0.1) is 0 Å². The summed E-state index contributed by atoms with van der Waals surface area (Å²) in [6.45, 7) is 3.79. The summed E-state index contributed by atoms with van der Waals surface area (Å²) >= 11 is 5.85. The Bertz CT molecular complexity index is 332. The number of nitrogens with two attached hydrogens (primary N) is 2. The van der Waals surface area contributed by atoms with Crippen molar-refractivity contribution in [1.29, 1.82) is 0 Å². The molecule has 0 aliphatic heterocycles. The lowest BCUT2D eigenvalue weighted by Crippen LogP contribution is -2.02. The molecule has 3 heteroatoms. The molecule has 0 aliphatic carbocycles. The zero-order valence-corrected chi connectivity index (χ0v) is 15.1. The first-order valence-corrected chi connectivity index (χ1v) is 9.27. The minimum Gasteiger partial charge on any atom is -0.330 e. The smallest absolute Gasteiger partial charge is 0.0438 e. The highest BCUT2D eigenvalue weighted by Gasteiger charge is 1.94. The van der Waals surface area contributed by atoms with Crippen molar-refractivity contribution in [2.45, 2.75) is 71.1 Å². The van der Waals surface area contributed by atoms with E-state index in [-0.39, 0.29) is 0 Å². The third-order valence-corrected chi connectivity index (χ3v) is 4.05. The van der Waals surface area contributed by atoms with E-state index in [2.05, 4.69) is 6.92 Å². The summed E-state index contributed by atoms with van der Waals surface area (Å²) in [7, 11) is 0. The first-order chi connectivity index (χ1) is 10.8. The maximum Gasteiger partial charge on any atom is 0.0438 e. The highest BCUT2D eigenvalue weighted by molar-refractivity contribution is 6.31. The molecule has 0 fully saturated rings. The van der Waals surface area contributed by atoms with Crippen molar-refractivity contribution in [2.24, 2.45) is 11.5 Å². The van der Waals surface area contributed by atoms with Crippen LogP contribution in [0.1, 0.15) is 70.3 Å². The molecule has 0 saturated carbocycles. The van der Waals surface area contributed by atoms with Gasteiger partial charge in [-0.15, -0.1) is 0 Å². The molecular weight excluding hydrogens is 292 g/mol. The minimum atomic E-state index is 0.656. The molecule has 0 atom stereocenters. The van der Waals surface area contributed by atoms with E-state index in [0.717, 1.165) is 23.6 Å². The average Bonchev–Trinajstić information content (AvgIpc) is 2.53. The van der Waals surface area contributed by atoms with Crippen molar-refractivity contribution >= 4 is 11.6 Å². The van der Waals surface area contributed by atoms with Crippen LogP contribution in [0, 0.1) is 0 Å². The zero-order chi connectivity index (χ0) is 16.5. The lowest BCUT2D eigenvalue weighted by atomic mass is 10.1. The molecule has 0 radical (unpaired) electrons. The summed E-state index contributed by atoms with van der Waals surface area (Å²) < 4.78 is 0. The first kappa shape index (κ1) is 21.4. The summed E-state index contributed by atoms with van der Waals surface area (Å²) in [5, 5.41) is 0.813. The lowest BCUT2D eigenvalue weighted by Gasteiger charge is -1.99. The molecule has 22 heavy (non-hydrogen) atoms. The SMILES string of the molecule is CCCCCCCCCCCN.NCCc1ccccc1Cl. The molecule has 0 aliphatic rings. The van der Waals surface area contributed by atoms with E-state index in [1.807, 2.05) is 24.3 Å². The van der Waals surface area contributed by atoms with E-state index in [9.17, 15) is 0 Å². The third-order valence-electron chi connectivity index (χ3n) is 3.68. The van der Waals surface area contributed by atoms with Crippen LogP contribution < -0.4 is 11.5 Å². The molecule has 128 valence electrons. The van der Waals surface area contributed by atoms with Crippen LogP contribution in [-0.2, 0) is 6.42 Å². The van der Waals surface area contributed by atoms with Crippen molar-refractivity contribution in [1.82, 2.24) is 0 Å². The number of halogens is 1. The monoisotopic (exact) mass is 326 g/mol. The van der Waals surface area contributed by atoms with Gasteiger partial charge in [-0.05, 0) is 37.6 Å². The molecule has 0 saturated heterocycles. The second-order valence-corrected chi connectivity index (χ2v) is 6.15. The third kappa shape index (κ3) is 13.1. The van der Waals surface area contributed by atoms with E-state index in [1.54, 1.807) is 0 Å². The van der Waals surface area contributed by atoms with E-state index in [0.29, 0.717) is 6.54 Å². The van der Waals surface area contributed by atoms with Crippen molar-refractivity contribution in [3.8, 4) is 0 Å². The fourth-order valence-corrected chi connectivity index (χ4v) is 2.54. The Balaban J connectivity index is 0.000000406. The summed E-state index contributed by atoms with van der Waals surface area (Å²) in [6, 6.07) is 7.76. The number of hydrogen-bond acceptors (Lipinski definition) is 2. The summed E-state index contributed by atoms with van der Waals surface area (Å²) in [4.78, 5) is 0. The normalized spacial score (nSPS) is 10.2. The molecule has 0 bridgehead atoms. The Morgan fingerprint density at radius 1 is 0.773 bits per heavy atom. The quantitative estimate of drug-likeness (QED) is 0.541. The van der Waals surface area contributed by atoms with E-state index in [1.165, 1.54) is 57.8 Å². The maximum absolute atomic E-state index is 5.85. The van der Waals surface area contributed by atoms with Crippen LogP contribution in [-0.4, -0.2) is 13.1 Å². The molecule has 2 nitrogen and oxygen atoms in total. The second-order valence-electron chi connectivity index (χ2n) is 5.75. The van der Waals surface area contributed by atoms with E-state index in [4.69, 9.17) is 23.1 Å². The van der Waals surface area contributed by atoms with Crippen molar-refractivity contribution in [2.75, 3.05) is 13.1 Å². The maximum atomic E-state index is 5.85. The minimum absolute atomic E-state index is 0.656. The van der Waals surface area contributed by atoms with Gasteiger partial charge in [-0.1, -0.05) is 88.1 Å². The predicted molar refractivity (Wildman–Crippen MR) is 100 cm³/mol. The van der Waals surface area contributed by atoms with E-state index >= 15 is 0 Å². The van der Waals surface area contributed by atoms with Crippen LogP contribution in [0.15, 0.2) is 24.3 Å². The molecule has 0 amide bonds. The van der Waals surface area contributed by atoms with Gasteiger partial charge < -0.3 is 11.5 Å². The standard InChI is InChI=1S/C11H25N.C8H10ClN/c1-2-3-4-5-6-7-8-9-10-11-12;9-8-4-2-1-3-7(8)5-6-10/h2-12H2,1H3;1-4H,5-6,10H2. The number of benzene rings is 1. The van der Waals surface area contributed by atoms with Gasteiger partial charge in [0.25, 0.3) is 0 Å². The van der Waals surface area contributed by atoms with E-state index < -0.39 is 0 Å². The Morgan fingerprint density at radius 2 is 1.32 bits per heavy atom. The van der Waals surface area contributed by atoms with Crippen LogP contribution in [0.4, 0.5) is 0 Å². The molecule has 1 aromatic carbocycles. The van der Waals surface area contributed by atoms with Crippen LogP contribution >= 0.6 is 11.6 Å². The average molecular weight is 327 g/mol. The fourth-order valence-electron chi connectivity index (χ4n) is 2.31. The highest BCUT2D eigenvalue weighted by Crippen LogP contribution is 2.14. The first-order valence-electron chi connectivity index (χ1n) is 8.89. The molecule has 1 rings (SSSR count). The van der Waals surface area contributed by atoms with Crippen LogP contribution in [0.25, 0.3) is 0 Å². The van der Waals surface area contributed by atoms with Crippen molar-refractivity contribution in [3.05, 3.63) is 34.9 Å². The van der Waals surface area contributed by atoms with Crippen LogP contribution in [0.3, 0.4) is 0 Å². The lowest BCUT2D eigenvalue weighted by molar-refractivity contribution is 0.567. The van der Waals surface area contributed by atoms with Gasteiger partial charge in [-0.3, -0.25) is 0 Å². The topological polar surface area (TPSA) is 52.0 Å². The van der Waals surface area contributed by atoms with Gasteiger partial charge in [0.15, 0.2) is 0 Å². The van der Waals surface area contributed by atoms with Gasteiger partial charge in [0.1, 0.15) is 0 Å². The van der Waals surface area contributed by atoms with Crippen molar-refractivity contribution < 1.29 is 0 Å². The van der Waals surface area contributed by atoms with Gasteiger partial charge >= 0.3 is 0 Å². The largest absolute Gasteiger partial charge is 0.330 e. The number of hydrogen-bond donors (Lipinski definition) is 2. The molecule has 0 unspecified atom stereocenters. The summed E-state index contributed by atoms with van der Waals surface area (Å²) in [6.07, 6.45) is 13.3. The second kappa shape index (κ2) is 16.8. The Morgan fingerprint density at radius 3 is 1.82 bits per heavy atom. The highest BCUT2D eigenvalue weighted by atomic mass is 35.5. The van der Waals surface area contributed by atoms with Crippen LogP contribution in [0.2, 0.25) is 5.02 Å². The molecule has 4 N–H and O–H groups in total. The fraction of sp³-hybridized carbons (Fsp3) is 0.684. The Labute approximate surface area is 142 Å². The van der Waals surface area contributed by atoms with Crippen LogP contribution in [0.5, 0.6) is 0 Å². The van der Waals surface area contributed by atoms with Gasteiger partial charge in [0.2, 0.25) is 0 Å². The Hall–Kier alpha value is -0.570. The Kier molecular flexibility index (Phi) is 16.4. The molecule has 1 aromatic rings. The van der Waals surface area contributed by atoms with Gasteiger partial charge in [-0.25, -0.2) is 0 Å². The van der Waals surface area contributed by atoms with Gasteiger partial charge in [-0.2, -0.15) is 0 Å². The van der Waals surface area contributed by atoms with Crippen molar-refractivity contribution in [3.63, 3.8) is 0 Å². The number of rotatable bonds is 11. The predicted octanol–water partition coefficient (Wildman–Crippen LogP) is 5.32. The molecular formula is C19H35ClN2. The number of unbranched alkanes of at least 4 members (excludes halogenated alkanes) is 8. The summed E-state index contributed by atoms with van der Waals surface area (Å²) in [5.41, 5.74) is 11.9. The molecule has 0 spiro atoms. The molecule has 0 aromatic heterocycles.